The first-order chi connectivity index (χ1) is 8.38. The topological polar surface area (TPSA) is 21.3 Å². The van der Waals surface area contributed by atoms with Crippen molar-refractivity contribution in [1.82, 2.24) is 5.32 Å². The molecule has 1 unspecified atom stereocenters. The van der Waals surface area contributed by atoms with Crippen LogP contribution in [0.3, 0.4) is 0 Å². The molecule has 0 bridgehead atoms. The van der Waals surface area contributed by atoms with E-state index in [1.165, 1.54) is 42.9 Å². The fourth-order valence-electron chi connectivity index (χ4n) is 2.18. The zero-order valence-electron chi connectivity index (χ0n) is 10.4. The van der Waals surface area contributed by atoms with Crippen LogP contribution in [0.4, 0.5) is 0 Å². The highest BCUT2D eigenvalue weighted by atomic mass is 32.2. The van der Waals surface area contributed by atoms with Gasteiger partial charge in [-0.3, -0.25) is 0 Å². The van der Waals surface area contributed by atoms with Gasteiger partial charge < -0.3 is 10.1 Å². The molecule has 0 aromatic heterocycles. The predicted octanol–water partition coefficient (Wildman–Crippen LogP) is 3.32. The molecule has 0 radical (unpaired) electrons. The molecule has 3 heteroatoms. The lowest BCUT2D eigenvalue weighted by molar-refractivity contribution is 0.394. The highest BCUT2D eigenvalue weighted by molar-refractivity contribution is 7.99. The number of piperidine rings is 1. The molecule has 1 fully saturated rings. The van der Waals surface area contributed by atoms with E-state index < -0.39 is 0 Å². The van der Waals surface area contributed by atoms with Gasteiger partial charge in [-0.2, -0.15) is 0 Å². The summed E-state index contributed by atoms with van der Waals surface area (Å²) >= 11 is 1.92. The first-order valence-corrected chi connectivity index (χ1v) is 7.37. The Morgan fingerprint density at radius 1 is 1.41 bits per heavy atom. The molecule has 1 aromatic carbocycles. The molecule has 0 amide bonds. The Balaban J connectivity index is 1.73. The normalized spacial score (nSPS) is 20.2. The summed E-state index contributed by atoms with van der Waals surface area (Å²) in [4.78, 5) is 1.31. The van der Waals surface area contributed by atoms with Crippen LogP contribution in [0.25, 0.3) is 0 Å². The summed E-state index contributed by atoms with van der Waals surface area (Å²) in [6.07, 6.45) is 5.35. The van der Waals surface area contributed by atoms with Gasteiger partial charge in [0.15, 0.2) is 0 Å². The lowest BCUT2D eigenvalue weighted by Gasteiger charge is -2.23. The van der Waals surface area contributed by atoms with Crippen LogP contribution in [0, 0.1) is 0 Å². The molecular weight excluding hydrogens is 230 g/mol. The molecule has 2 rings (SSSR count). The molecule has 94 valence electrons. The minimum absolute atomic E-state index is 0.738. The molecule has 1 aromatic rings. The van der Waals surface area contributed by atoms with Crippen molar-refractivity contribution in [2.45, 2.75) is 36.6 Å². The Kier molecular flexibility index (Phi) is 5.20. The van der Waals surface area contributed by atoms with Gasteiger partial charge in [-0.25, -0.2) is 0 Å². The Morgan fingerprint density at radius 2 is 2.35 bits per heavy atom. The SMILES string of the molecule is COc1cccc(SCCC2CCCCN2)c1. The van der Waals surface area contributed by atoms with Gasteiger partial charge in [0.25, 0.3) is 0 Å². The fourth-order valence-corrected chi connectivity index (χ4v) is 3.19. The summed E-state index contributed by atoms with van der Waals surface area (Å²) in [7, 11) is 1.72. The van der Waals surface area contributed by atoms with Crippen molar-refractivity contribution in [3.63, 3.8) is 0 Å². The summed E-state index contributed by atoms with van der Waals surface area (Å²) in [5.41, 5.74) is 0. The van der Waals surface area contributed by atoms with Gasteiger partial charge in [0.1, 0.15) is 5.75 Å². The van der Waals surface area contributed by atoms with Gasteiger partial charge in [-0.15, -0.1) is 11.8 Å². The van der Waals surface area contributed by atoms with E-state index in [9.17, 15) is 0 Å². The summed E-state index contributed by atoms with van der Waals surface area (Å²) < 4.78 is 5.23. The fraction of sp³-hybridized carbons (Fsp3) is 0.571. The Labute approximate surface area is 108 Å². The molecular formula is C14H21NOS. The van der Waals surface area contributed by atoms with Crippen LogP contribution in [0.1, 0.15) is 25.7 Å². The van der Waals surface area contributed by atoms with Gasteiger partial charge in [-0.05, 0) is 49.8 Å². The van der Waals surface area contributed by atoms with E-state index in [0.717, 1.165) is 11.8 Å². The van der Waals surface area contributed by atoms with Gasteiger partial charge in [-0.1, -0.05) is 12.5 Å². The molecule has 0 aliphatic carbocycles. The largest absolute Gasteiger partial charge is 0.497 e. The van der Waals surface area contributed by atoms with E-state index >= 15 is 0 Å². The molecule has 2 nitrogen and oxygen atoms in total. The Hall–Kier alpha value is -0.670. The monoisotopic (exact) mass is 251 g/mol. The molecule has 0 spiro atoms. The third-order valence-corrected chi connectivity index (χ3v) is 4.22. The standard InChI is InChI=1S/C14H21NOS/c1-16-13-6-4-7-14(11-13)17-10-8-12-5-2-3-9-15-12/h4,6-7,11-12,15H,2-3,5,8-10H2,1H3. The Bertz CT molecular complexity index is 337. The van der Waals surface area contributed by atoms with Crippen molar-refractivity contribution in [1.29, 1.82) is 0 Å². The molecule has 17 heavy (non-hydrogen) atoms. The second kappa shape index (κ2) is 6.92. The lowest BCUT2D eigenvalue weighted by Crippen LogP contribution is -2.34. The van der Waals surface area contributed by atoms with E-state index in [0.29, 0.717) is 0 Å². The smallest absolute Gasteiger partial charge is 0.119 e. The molecule has 1 saturated heterocycles. The minimum atomic E-state index is 0.738. The van der Waals surface area contributed by atoms with Crippen LogP contribution >= 0.6 is 11.8 Å². The van der Waals surface area contributed by atoms with Crippen molar-refractivity contribution in [3.8, 4) is 5.75 Å². The van der Waals surface area contributed by atoms with Crippen molar-refractivity contribution >= 4 is 11.8 Å². The van der Waals surface area contributed by atoms with Crippen LogP contribution in [-0.4, -0.2) is 25.4 Å². The lowest BCUT2D eigenvalue weighted by atomic mass is 10.0. The number of rotatable bonds is 5. The highest BCUT2D eigenvalue weighted by Crippen LogP contribution is 2.24. The van der Waals surface area contributed by atoms with Crippen molar-refractivity contribution in [2.75, 3.05) is 19.4 Å². The second-order valence-electron chi connectivity index (χ2n) is 4.46. The maximum atomic E-state index is 5.23. The van der Waals surface area contributed by atoms with Crippen LogP contribution in [-0.2, 0) is 0 Å². The summed E-state index contributed by atoms with van der Waals surface area (Å²) in [5, 5.41) is 3.59. The zero-order valence-corrected chi connectivity index (χ0v) is 11.3. The third kappa shape index (κ3) is 4.25. The molecule has 1 atom stereocenters. The molecule has 1 aliphatic heterocycles. The third-order valence-electron chi connectivity index (χ3n) is 3.19. The second-order valence-corrected chi connectivity index (χ2v) is 5.63. The Morgan fingerprint density at radius 3 is 3.12 bits per heavy atom. The average molecular weight is 251 g/mol. The van der Waals surface area contributed by atoms with E-state index in [2.05, 4.69) is 23.5 Å². The number of hydrogen-bond donors (Lipinski definition) is 1. The van der Waals surface area contributed by atoms with Crippen LogP contribution < -0.4 is 10.1 Å². The van der Waals surface area contributed by atoms with Crippen molar-refractivity contribution < 1.29 is 4.74 Å². The highest BCUT2D eigenvalue weighted by Gasteiger charge is 2.11. The first-order valence-electron chi connectivity index (χ1n) is 6.39. The number of ether oxygens (including phenoxy) is 1. The predicted molar refractivity (Wildman–Crippen MR) is 74.0 cm³/mol. The quantitative estimate of drug-likeness (QED) is 0.811. The summed E-state index contributed by atoms with van der Waals surface area (Å²) in [6.45, 7) is 1.20. The minimum Gasteiger partial charge on any atom is -0.497 e. The molecule has 1 aliphatic rings. The van der Waals surface area contributed by atoms with Crippen molar-refractivity contribution in [3.05, 3.63) is 24.3 Å². The van der Waals surface area contributed by atoms with Crippen LogP contribution in [0.2, 0.25) is 0 Å². The zero-order chi connectivity index (χ0) is 11.9. The van der Waals surface area contributed by atoms with E-state index in [4.69, 9.17) is 4.74 Å². The van der Waals surface area contributed by atoms with Crippen molar-refractivity contribution in [2.24, 2.45) is 0 Å². The molecule has 0 saturated carbocycles. The summed E-state index contributed by atoms with van der Waals surface area (Å²) in [5.74, 6) is 2.14. The maximum absolute atomic E-state index is 5.23. The summed E-state index contributed by atoms with van der Waals surface area (Å²) in [6, 6.07) is 9.05. The van der Waals surface area contributed by atoms with Gasteiger partial charge in [0, 0.05) is 10.9 Å². The first kappa shape index (κ1) is 12.8. The number of methoxy groups -OCH3 is 1. The van der Waals surface area contributed by atoms with Crippen LogP contribution in [0.5, 0.6) is 5.75 Å². The number of benzene rings is 1. The average Bonchev–Trinajstić information content (AvgIpc) is 2.40. The van der Waals surface area contributed by atoms with Crippen LogP contribution in [0.15, 0.2) is 29.2 Å². The maximum Gasteiger partial charge on any atom is 0.119 e. The van der Waals surface area contributed by atoms with Gasteiger partial charge in [0.2, 0.25) is 0 Å². The van der Waals surface area contributed by atoms with Gasteiger partial charge in [0.05, 0.1) is 7.11 Å². The number of thioether (sulfide) groups is 1. The van der Waals surface area contributed by atoms with E-state index in [1.807, 2.05) is 17.8 Å². The van der Waals surface area contributed by atoms with E-state index in [-0.39, 0.29) is 0 Å². The van der Waals surface area contributed by atoms with Gasteiger partial charge >= 0.3 is 0 Å². The molecule has 1 heterocycles. The molecule has 1 N–H and O–H groups in total. The number of hydrogen-bond acceptors (Lipinski definition) is 3. The van der Waals surface area contributed by atoms with E-state index in [1.54, 1.807) is 7.11 Å². The number of nitrogens with one attached hydrogen (secondary N) is 1.